The van der Waals surface area contributed by atoms with Gasteiger partial charge in [-0.15, -0.1) is 0 Å². The summed E-state index contributed by atoms with van der Waals surface area (Å²) in [7, 11) is 0. The molecule has 1 aromatic rings. The molecule has 0 radical (unpaired) electrons. The van der Waals surface area contributed by atoms with Crippen LogP contribution in [0.3, 0.4) is 0 Å². The predicted octanol–water partition coefficient (Wildman–Crippen LogP) is 2.87. The van der Waals surface area contributed by atoms with Gasteiger partial charge >= 0.3 is 0 Å². The summed E-state index contributed by atoms with van der Waals surface area (Å²) in [6.07, 6.45) is 3.68. The lowest BCUT2D eigenvalue weighted by Crippen LogP contribution is -2.41. The van der Waals surface area contributed by atoms with Crippen molar-refractivity contribution in [2.75, 3.05) is 0 Å². The summed E-state index contributed by atoms with van der Waals surface area (Å²) < 4.78 is 13.5. The molecule has 2 unspecified atom stereocenters. The Labute approximate surface area is 106 Å². The van der Waals surface area contributed by atoms with Gasteiger partial charge in [-0.05, 0) is 25.0 Å². The summed E-state index contributed by atoms with van der Waals surface area (Å²) >= 11 is 5.69. The standard InChI is InChI=1S/C13H17ClFNO/c14-10-6-5-9(11(15)7-10)8-16-12-3-1-2-4-13(12)17/h5-7,12-13,16-17H,1-4,8H2. The normalized spacial score (nSPS) is 24.9. The van der Waals surface area contributed by atoms with Gasteiger partial charge in [-0.25, -0.2) is 4.39 Å². The summed E-state index contributed by atoms with van der Waals surface area (Å²) in [5, 5.41) is 13.4. The van der Waals surface area contributed by atoms with Crippen molar-refractivity contribution in [2.24, 2.45) is 0 Å². The Hall–Kier alpha value is -0.640. The van der Waals surface area contributed by atoms with Gasteiger partial charge in [0.05, 0.1) is 6.10 Å². The molecule has 0 bridgehead atoms. The van der Waals surface area contributed by atoms with E-state index in [2.05, 4.69) is 5.32 Å². The minimum atomic E-state index is -0.306. The van der Waals surface area contributed by atoms with Crippen molar-refractivity contribution >= 4 is 11.6 Å². The summed E-state index contributed by atoms with van der Waals surface area (Å²) in [6.45, 7) is 0.435. The maximum atomic E-state index is 13.5. The SMILES string of the molecule is OC1CCCCC1NCc1ccc(Cl)cc1F. The van der Waals surface area contributed by atoms with Gasteiger partial charge < -0.3 is 10.4 Å². The number of rotatable bonds is 3. The molecule has 1 aromatic carbocycles. The molecule has 0 saturated heterocycles. The largest absolute Gasteiger partial charge is 0.392 e. The summed E-state index contributed by atoms with van der Waals surface area (Å²) in [4.78, 5) is 0. The van der Waals surface area contributed by atoms with Crippen LogP contribution in [0.4, 0.5) is 4.39 Å². The molecule has 0 aliphatic heterocycles. The van der Waals surface area contributed by atoms with Crippen molar-refractivity contribution in [3.63, 3.8) is 0 Å². The molecule has 0 heterocycles. The van der Waals surface area contributed by atoms with Crippen LogP contribution in [0.15, 0.2) is 18.2 Å². The second-order valence-electron chi connectivity index (χ2n) is 4.57. The van der Waals surface area contributed by atoms with Gasteiger partial charge in [-0.1, -0.05) is 30.5 Å². The van der Waals surface area contributed by atoms with Crippen LogP contribution in [0.25, 0.3) is 0 Å². The molecule has 0 spiro atoms. The van der Waals surface area contributed by atoms with Crippen molar-refractivity contribution in [3.8, 4) is 0 Å². The van der Waals surface area contributed by atoms with Gasteiger partial charge in [0.25, 0.3) is 0 Å². The highest BCUT2D eigenvalue weighted by atomic mass is 35.5. The molecular weight excluding hydrogens is 241 g/mol. The molecule has 1 aliphatic carbocycles. The van der Waals surface area contributed by atoms with E-state index in [1.165, 1.54) is 6.07 Å². The van der Waals surface area contributed by atoms with Crippen LogP contribution >= 0.6 is 11.6 Å². The summed E-state index contributed by atoms with van der Waals surface area (Å²) in [6, 6.07) is 4.76. The Balaban J connectivity index is 1.92. The summed E-state index contributed by atoms with van der Waals surface area (Å²) in [5.41, 5.74) is 0.590. The Kier molecular flexibility index (Phi) is 4.37. The molecule has 2 rings (SSSR count). The first-order chi connectivity index (χ1) is 8.16. The van der Waals surface area contributed by atoms with Gasteiger partial charge in [-0.3, -0.25) is 0 Å². The zero-order chi connectivity index (χ0) is 12.3. The van der Waals surface area contributed by atoms with Crippen LogP contribution in [0.5, 0.6) is 0 Å². The monoisotopic (exact) mass is 257 g/mol. The number of nitrogens with one attached hydrogen (secondary N) is 1. The average molecular weight is 258 g/mol. The van der Waals surface area contributed by atoms with Crippen LogP contribution in [-0.4, -0.2) is 17.3 Å². The molecule has 1 aliphatic rings. The quantitative estimate of drug-likeness (QED) is 0.873. The van der Waals surface area contributed by atoms with Gasteiger partial charge in [0, 0.05) is 23.2 Å². The fourth-order valence-corrected chi connectivity index (χ4v) is 2.41. The highest BCUT2D eigenvalue weighted by molar-refractivity contribution is 6.30. The third-order valence-electron chi connectivity index (χ3n) is 3.30. The molecule has 1 saturated carbocycles. The fraction of sp³-hybridized carbons (Fsp3) is 0.538. The summed E-state index contributed by atoms with van der Waals surface area (Å²) in [5.74, 6) is -0.296. The lowest BCUT2D eigenvalue weighted by molar-refractivity contribution is 0.0901. The van der Waals surface area contributed by atoms with E-state index in [-0.39, 0.29) is 18.0 Å². The number of aliphatic hydroxyl groups is 1. The molecule has 0 aromatic heterocycles. The first kappa shape index (κ1) is 12.8. The van der Waals surface area contributed by atoms with Crippen molar-refractivity contribution in [2.45, 2.75) is 44.4 Å². The van der Waals surface area contributed by atoms with Gasteiger partial charge in [0.15, 0.2) is 0 Å². The predicted molar refractivity (Wildman–Crippen MR) is 66.5 cm³/mol. The first-order valence-corrected chi connectivity index (χ1v) is 6.40. The van der Waals surface area contributed by atoms with Crippen LogP contribution < -0.4 is 5.32 Å². The smallest absolute Gasteiger partial charge is 0.129 e. The molecule has 2 N–H and O–H groups in total. The Morgan fingerprint density at radius 2 is 2.12 bits per heavy atom. The molecule has 2 atom stereocenters. The van der Waals surface area contributed by atoms with Crippen molar-refractivity contribution in [3.05, 3.63) is 34.6 Å². The molecule has 2 nitrogen and oxygen atoms in total. The van der Waals surface area contributed by atoms with E-state index >= 15 is 0 Å². The third kappa shape index (κ3) is 3.41. The van der Waals surface area contributed by atoms with Crippen molar-refractivity contribution < 1.29 is 9.50 Å². The third-order valence-corrected chi connectivity index (χ3v) is 3.53. The zero-order valence-electron chi connectivity index (χ0n) is 9.63. The lowest BCUT2D eigenvalue weighted by Gasteiger charge is -2.28. The number of halogens is 2. The maximum absolute atomic E-state index is 13.5. The van der Waals surface area contributed by atoms with E-state index in [4.69, 9.17) is 11.6 Å². The van der Waals surface area contributed by atoms with Gasteiger partial charge in [-0.2, -0.15) is 0 Å². The minimum Gasteiger partial charge on any atom is -0.392 e. The molecule has 4 heteroatoms. The van der Waals surface area contributed by atoms with Gasteiger partial charge in [0.2, 0.25) is 0 Å². The lowest BCUT2D eigenvalue weighted by atomic mass is 9.92. The van der Waals surface area contributed by atoms with Crippen LogP contribution in [0, 0.1) is 5.82 Å². The second-order valence-corrected chi connectivity index (χ2v) is 5.01. The maximum Gasteiger partial charge on any atom is 0.129 e. The number of benzene rings is 1. The van der Waals surface area contributed by atoms with E-state index in [1.54, 1.807) is 12.1 Å². The molecule has 94 valence electrons. The number of hydrogen-bond acceptors (Lipinski definition) is 2. The van der Waals surface area contributed by atoms with Gasteiger partial charge in [0.1, 0.15) is 5.82 Å². The fourth-order valence-electron chi connectivity index (χ4n) is 2.26. The van der Waals surface area contributed by atoms with E-state index in [1.807, 2.05) is 0 Å². The topological polar surface area (TPSA) is 32.3 Å². The molecule has 1 fully saturated rings. The minimum absolute atomic E-state index is 0.0822. The Bertz CT molecular complexity index is 386. The van der Waals surface area contributed by atoms with E-state index in [9.17, 15) is 9.50 Å². The Morgan fingerprint density at radius 1 is 1.35 bits per heavy atom. The number of aliphatic hydroxyl groups excluding tert-OH is 1. The van der Waals surface area contributed by atoms with Crippen LogP contribution in [0.2, 0.25) is 5.02 Å². The molecule has 17 heavy (non-hydrogen) atoms. The molecular formula is C13H17ClFNO. The van der Waals surface area contributed by atoms with Crippen molar-refractivity contribution in [1.82, 2.24) is 5.32 Å². The van der Waals surface area contributed by atoms with Crippen LogP contribution in [-0.2, 0) is 6.54 Å². The second kappa shape index (κ2) is 5.80. The van der Waals surface area contributed by atoms with E-state index in [0.717, 1.165) is 25.7 Å². The average Bonchev–Trinajstić information content (AvgIpc) is 2.30. The van der Waals surface area contributed by atoms with E-state index in [0.29, 0.717) is 17.1 Å². The highest BCUT2D eigenvalue weighted by Crippen LogP contribution is 2.20. The van der Waals surface area contributed by atoms with Crippen molar-refractivity contribution in [1.29, 1.82) is 0 Å². The Morgan fingerprint density at radius 3 is 2.82 bits per heavy atom. The first-order valence-electron chi connectivity index (χ1n) is 6.02. The number of hydrogen-bond donors (Lipinski definition) is 2. The van der Waals surface area contributed by atoms with E-state index < -0.39 is 0 Å². The molecule has 0 amide bonds. The highest BCUT2D eigenvalue weighted by Gasteiger charge is 2.22. The van der Waals surface area contributed by atoms with Crippen LogP contribution in [0.1, 0.15) is 31.2 Å². The zero-order valence-corrected chi connectivity index (χ0v) is 10.4.